The van der Waals surface area contributed by atoms with E-state index in [9.17, 15) is 26.4 Å². The lowest BCUT2D eigenvalue weighted by Gasteiger charge is -2.33. The van der Waals surface area contributed by atoms with Crippen molar-refractivity contribution in [3.63, 3.8) is 0 Å². The first-order valence-electron chi connectivity index (χ1n) is 11.5. The second-order valence-corrected chi connectivity index (χ2v) is 11.6. The number of hydrogen-bond donors (Lipinski definition) is 0. The van der Waals surface area contributed by atoms with Crippen molar-refractivity contribution >= 4 is 38.4 Å². The number of aromatic nitrogens is 2. The van der Waals surface area contributed by atoms with Gasteiger partial charge < -0.3 is 14.0 Å². The van der Waals surface area contributed by atoms with Crippen LogP contribution in [0.4, 0.5) is 13.2 Å². The molecule has 2 saturated heterocycles. The van der Waals surface area contributed by atoms with E-state index < -0.39 is 27.7 Å². The molecule has 8 nitrogen and oxygen atoms in total. The molecule has 0 saturated carbocycles. The van der Waals surface area contributed by atoms with Gasteiger partial charge in [0, 0.05) is 25.7 Å². The molecule has 1 unspecified atom stereocenters. The van der Waals surface area contributed by atoms with Gasteiger partial charge in [-0.3, -0.25) is 0 Å². The third-order valence-corrected chi connectivity index (χ3v) is 9.63. The van der Waals surface area contributed by atoms with Crippen molar-refractivity contribution in [3.05, 3.63) is 45.9 Å². The number of imidazole rings is 1. The number of carbonyl (C=O) groups is 1. The molecule has 3 aromatic rings. The number of ether oxygens (including phenoxy) is 2. The number of benzene rings is 1. The lowest BCUT2D eigenvalue weighted by molar-refractivity contribution is -0.137. The Hall–Kier alpha value is -2.48. The molecule has 2 aromatic heterocycles. The molecule has 5 rings (SSSR count). The fourth-order valence-corrected chi connectivity index (χ4v) is 7.69. The standard InChI is InChI=1S/C23H24F3N3O5S2/c1-33-22(30)20-19(8-12-35-20)36(31,32)28-9-6-15(7-10-28)29-17-5-4-14(23(24,25)26)13-16(17)27-21(29)18-3-2-11-34-18/h4-5,8,12-13,15,18H,2-3,6-7,9-11H2,1H3. The number of piperidine rings is 1. The molecule has 194 valence electrons. The molecule has 0 N–H and O–H groups in total. The first-order valence-corrected chi connectivity index (χ1v) is 13.8. The maximum Gasteiger partial charge on any atom is 0.416 e. The predicted molar refractivity (Wildman–Crippen MR) is 125 cm³/mol. The highest BCUT2D eigenvalue weighted by molar-refractivity contribution is 7.89. The molecule has 2 aliphatic heterocycles. The van der Waals surface area contributed by atoms with Gasteiger partial charge in [-0.05, 0) is 55.3 Å². The summed E-state index contributed by atoms with van der Waals surface area (Å²) in [5.74, 6) is -0.128. The van der Waals surface area contributed by atoms with E-state index >= 15 is 0 Å². The zero-order chi connectivity index (χ0) is 25.7. The van der Waals surface area contributed by atoms with Crippen molar-refractivity contribution in [2.45, 2.75) is 48.9 Å². The number of esters is 1. The van der Waals surface area contributed by atoms with E-state index in [0.717, 1.165) is 36.3 Å². The summed E-state index contributed by atoms with van der Waals surface area (Å²) in [6.07, 6.45) is -2.38. The van der Waals surface area contributed by atoms with Gasteiger partial charge in [-0.15, -0.1) is 11.3 Å². The number of rotatable bonds is 5. The van der Waals surface area contributed by atoms with Gasteiger partial charge in [-0.1, -0.05) is 0 Å². The minimum Gasteiger partial charge on any atom is -0.465 e. The third kappa shape index (κ3) is 4.42. The largest absolute Gasteiger partial charge is 0.465 e. The summed E-state index contributed by atoms with van der Waals surface area (Å²) in [7, 11) is -2.72. The van der Waals surface area contributed by atoms with Crippen LogP contribution in [0.5, 0.6) is 0 Å². The number of thiophene rings is 1. The Labute approximate surface area is 209 Å². The number of methoxy groups -OCH3 is 1. The Kier molecular flexibility index (Phi) is 6.60. The first kappa shape index (κ1) is 25.2. The van der Waals surface area contributed by atoms with E-state index in [1.807, 2.05) is 4.57 Å². The van der Waals surface area contributed by atoms with Gasteiger partial charge in [0.1, 0.15) is 21.7 Å². The zero-order valence-corrected chi connectivity index (χ0v) is 21.0. The van der Waals surface area contributed by atoms with E-state index in [-0.39, 0.29) is 40.5 Å². The van der Waals surface area contributed by atoms with Gasteiger partial charge in [0.15, 0.2) is 0 Å². The minimum absolute atomic E-state index is 0.0290. The van der Waals surface area contributed by atoms with E-state index in [2.05, 4.69) is 4.98 Å². The molecule has 2 aliphatic rings. The number of hydrogen-bond acceptors (Lipinski definition) is 7. The van der Waals surface area contributed by atoms with Gasteiger partial charge in [-0.25, -0.2) is 18.2 Å². The van der Waals surface area contributed by atoms with E-state index in [1.165, 1.54) is 28.9 Å². The van der Waals surface area contributed by atoms with Gasteiger partial charge in [0.25, 0.3) is 0 Å². The Morgan fingerprint density at radius 3 is 2.58 bits per heavy atom. The molecule has 1 atom stereocenters. The molecule has 0 aliphatic carbocycles. The van der Waals surface area contributed by atoms with Crippen molar-refractivity contribution in [2.24, 2.45) is 0 Å². The van der Waals surface area contributed by atoms with Crippen molar-refractivity contribution < 1.29 is 35.9 Å². The Morgan fingerprint density at radius 2 is 1.94 bits per heavy atom. The lowest BCUT2D eigenvalue weighted by atomic mass is 10.1. The molecule has 1 aromatic carbocycles. The van der Waals surface area contributed by atoms with Crippen LogP contribution < -0.4 is 0 Å². The minimum atomic E-state index is -4.48. The second-order valence-electron chi connectivity index (χ2n) is 8.78. The van der Waals surface area contributed by atoms with E-state index in [4.69, 9.17) is 9.47 Å². The summed E-state index contributed by atoms with van der Waals surface area (Å²) < 4.78 is 80.3. The van der Waals surface area contributed by atoms with Crippen LogP contribution in [-0.4, -0.2) is 55.0 Å². The van der Waals surface area contributed by atoms with E-state index in [1.54, 1.807) is 0 Å². The van der Waals surface area contributed by atoms with Gasteiger partial charge >= 0.3 is 12.1 Å². The molecule has 36 heavy (non-hydrogen) atoms. The van der Waals surface area contributed by atoms with Crippen LogP contribution in [0.2, 0.25) is 0 Å². The van der Waals surface area contributed by atoms with Gasteiger partial charge in [0.05, 0.1) is 23.7 Å². The summed E-state index contributed by atoms with van der Waals surface area (Å²) in [4.78, 5) is 16.5. The highest BCUT2D eigenvalue weighted by Crippen LogP contribution is 2.39. The average Bonchev–Trinajstić information content (AvgIpc) is 3.62. The summed E-state index contributed by atoms with van der Waals surface area (Å²) in [5, 5.41) is 1.53. The Balaban J connectivity index is 1.44. The number of carbonyl (C=O) groups excluding carboxylic acids is 1. The first-order chi connectivity index (χ1) is 17.1. The SMILES string of the molecule is COC(=O)c1sccc1S(=O)(=O)N1CCC(n2c(C3CCCO3)nc3cc(C(F)(F)F)ccc32)CC1. The predicted octanol–water partition coefficient (Wildman–Crippen LogP) is 4.78. The van der Waals surface area contributed by atoms with Crippen LogP contribution in [0, 0.1) is 0 Å². The highest BCUT2D eigenvalue weighted by atomic mass is 32.2. The number of halogens is 3. The number of fused-ring (bicyclic) bond motifs is 1. The quantitative estimate of drug-likeness (QED) is 0.430. The van der Waals surface area contributed by atoms with Crippen molar-refractivity contribution in [1.29, 1.82) is 0 Å². The van der Waals surface area contributed by atoms with Crippen LogP contribution in [0.25, 0.3) is 11.0 Å². The molecule has 13 heteroatoms. The van der Waals surface area contributed by atoms with Crippen LogP contribution in [0.3, 0.4) is 0 Å². The van der Waals surface area contributed by atoms with Crippen LogP contribution in [0.1, 0.15) is 58.9 Å². The average molecular weight is 544 g/mol. The van der Waals surface area contributed by atoms with Crippen molar-refractivity contribution in [2.75, 3.05) is 26.8 Å². The molecule has 4 heterocycles. The molecule has 0 bridgehead atoms. The molecule has 0 amide bonds. The van der Waals surface area contributed by atoms with Gasteiger partial charge in [-0.2, -0.15) is 17.5 Å². The summed E-state index contributed by atoms with van der Waals surface area (Å²) in [6, 6.07) is 4.76. The van der Waals surface area contributed by atoms with E-state index in [0.29, 0.717) is 30.8 Å². The number of alkyl halides is 3. The summed E-state index contributed by atoms with van der Waals surface area (Å²) in [6.45, 7) is 0.936. The fraction of sp³-hybridized carbons (Fsp3) is 0.478. The number of sulfonamides is 1. The lowest BCUT2D eigenvalue weighted by Crippen LogP contribution is -2.39. The Bertz CT molecular complexity index is 1390. The van der Waals surface area contributed by atoms with Crippen LogP contribution >= 0.6 is 11.3 Å². The molecular weight excluding hydrogens is 519 g/mol. The normalized spacial score (nSPS) is 20.3. The molecule has 2 fully saturated rings. The Morgan fingerprint density at radius 1 is 1.19 bits per heavy atom. The topological polar surface area (TPSA) is 90.7 Å². The highest BCUT2D eigenvalue weighted by Gasteiger charge is 2.37. The van der Waals surface area contributed by atoms with Crippen LogP contribution in [0.15, 0.2) is 34.5 Å². The summed E-state index contributed by atoms with van der Waals surface area (Å²) in [5.41, 5.74) is 0.0450. The van der Waals surface area contributed by atoms with Crippen molar-refractivity contribution in [1.82, 2.24) is 13.9 Å². The molecule has 0 radical (unpaired) electrons. The number of nitrogens with zero attached hydrogens (tertiary/aromatic N) is 3. The van der Waals surface area contributed by atoms with Crippen molar-refractivity contribution in [3.8, 4) is 0 Å². The molecular formula is C23H24F3N3O5S2. The zero-order valence-electron chi connectivity index (χ0n) is 19.3. The van der Waals surface area contributed by atoms with Crippen LogP contribution in [-0.2, 0) is 25.7 Å². The third-order valence-electron chi connectivity index (χ3n) is 6.67. The maximum atomic E-state index is 13.3. The second kappa shape index (κ2) is 9.43. The van der Waals surface area contributed by atoms with Gasteiger partial charge in [0.2, 0.25) is 10.0 Å². The molecule has 0 spiro atoms. The monoisotopic (exact) mass is 543 g/mol. The smallest absolute Gasteiger partial charge is 0.416 e. The summed E-state index contributed by atoms with van der Waals surface area (Å²) >= 11 is 1.01. The maximum absolute atomic E-state index is 13.3. The fourth-order valence-electron chi connectivity index (χ4n) is 4.91.